The fourth-order valence-corrected chi connectivity index (χ4v) is 5.81. The van der Waals surface area contributed by atoms with Gasteiger partial charge in [0.15, 0.2) is 0 Å². The molecule has 0 aliphatic carbocycles. The number of nitrogens with zero attached hydrogens (tertiary/aromatic N) is 2. The molecule has 0 aliphatic rings. The third kappa shape index (κ3) is 4.23. The molecule has 6 rings (SSSR count). The summed E-state index contributed by atoms with van der Waals surface area (Å²) >= 11 is 1.81. The minimum absolute atomic E-state index is 0.0801. The molecule has 186 valence electrons. The van der Waals surface area contributed by atoms with E-state index < -0.39 is 0 Å². The molecule has 0 unspecified atom stereocenters. The molecule has 4 heterocycles. The fourth-order valence-electron chi connectivity index (χ4n) is 4.83. The van der Waals surface area contributed by atoms with Crippen molar-refractivity contribution >= 4 is 43.6 Å². The molecule has 0 atom stereocenters. The summed E-state index contributed by atoms with van der Waals surface area (Å²) in [4.78, 5) is 10.9. The van der Waals surface area contributed by atoms with Gasteiger partial charge in [0.1, 0.15) is 5.58 Å². The van der Waals surface area contributed by atoms with Crippen LogP contribution in [-0.4, -0.2) is 9.97 Å². The lowest BCUT2D eigenvalue weighted by Gasteiger charge is -2.26. The summed E-state index contributed by atoms with van der Waals surface area (Å²) in [7, 11) is 0. The summed E-state index contributed by atoms with van der Waals surface area (Å²) in [5.74, 6) is 0. The number of hydrogen-bond donors (Lipinski definition) is 0. The first-order chi connectivity index (χ1) is 17.5. The molecule has 0 fully saturated rings. The largest absolute Gasteiger partial charge is 0.437 e. The second kappa shape index (κ2) is 8.26. The Hall–Kier alpha value is -3.50. The van der Waals surface area contributed by atoms with Crippen molar-refractivity contribution < 1.29 is 4.42 Å². The van der Waals surface area contributed by atoms with Gasteiger partial charge >= 0.3 is 0 Å². The van der Waals surface area contributed by atoms with Crippen molar-refractivity contribution in [2.75, 3.05) is 0 Å². The van der Waals surface area contributed by atoms with Crippen molar-refractivity contribution in [1.82, 2.24) is 9.97 Å². The van der Waals surface area contributed by atoms with E-state index in [1.807, 2.05) is 13.0 Å². The van der Waals surface area contributed by atoms with Gasteiger partial charge < -0.3 is 4.42 Å². The van der Waals surface area contributed by atoms with Gasteiger partial charge in [-0.15, -0.1) is 11.3 Å². The SMILES string of the molecule is Cc1ccc2c(n1)oc1c(-c3ccc4sc(-c5cc(C(C)(C)C)cc(C(C)(C)C)c5)cc4n3)cccc12. The van der Waals surface area contributed by atoms with Crippen LogP contribution in [-0.2, 0) is 10.8 Å². The van der Waals surface area contributed by atoms with Crippen LogP contribution < -0.4 is 0 Å². The maximum Gasteiger partial charge on any atom is 0.227 e. The van der Waals surface area contributed by atoms with Crippen molar-refractivity contribution in [1.29, 1.82) is 0 Å². The maximum absolute atomic E-state index is 6.25. The number of thiophene rings is 1. The Bertz CT molecular complexity index is 1780. The molecule has 6 aromatic rings. The van der Waals surface area contributed by atoms with Gasteiger partial charge in [0, 0.05) is 26.9 Å². The summed E-state index contributed by atoms with van der Waals surface area (Å²) in [6, 6.07) is 24.0. The zero-order valence-electron chi connectivity index (χ0n) is 22.6. The number of furan rings is 1. The Kier molecular flexibility index (Phi) is 5.33. The van der Waals surface area contributed by atoms with Gasteiger partial charge in [-0.25, -0.2) is 9.97 Å². The molecule has 0 bridgehead atoms. The molecule has 0 amide bonds. The lowest BCUT2D eigenvalue weighted by atomic mass is 9.79. The Morgan fingerprint density at radius 1 is 0.730 bits per heavy atom. The molecular weight excluding hydrogens is 472 g/mol. The van der Waals surface area contributed by atoms with E-state index in [0.717, 1.165) is 38.8 Å². The lowest BCUT2D eigenvalue weighted by Crippen LogP contribution is -2.16. The molecule has 0 N–H and O–H groups in total. The van der Waals surface area contributed by atoms with Crippen LogP contribution in [0, 0.1) is 6.92 Å². The van der Waals surface area contributed by atoms with E-state index >= 15 is 0 Å². The molecule has 4 aromatic heterocycles. The zero-order valence-corrected chi connectivity index (χ0v) is 23.4. The van der Waals surface area contributed by atoms with E-state index in [9.17, 15) is 0 Å². The van der Waals surface area contributed by atoms with Crippen molar-refractivity contribution in [2.24, 2.45) is 0 Å². The molecule has 2 aromatic carbocycles. The van der Waals surface area contributed by atoms with Crippen LogP contribution in [0.2, 0.25) is 0 Å². The number of para-hydroxylation sites is 1. The Morgan fingerprint density at radius 2 is 1.46 bits per heavy atom. The summed E-state index contributed by atoms with van der Waals surface area (Å²) in [6.45, 7) is 15.7. The van der Waals surface area contributed by atoms with Crippen LogP contribution in [0.5, 0.6) is 0 Å². The summed E-state index contributed by atoms with van der Waals surface area (Å²) in [5.41, 5.74) is 9.53. The van der Waals surface area contributed by atoms with Crippen LogP contribution in [0.3, 0.4) is 0 Å². The average Bonchev–Trinajstić information content (AvgIpc) is 3.43. The molecule has 0 aliphatic heterocycles. The second-order valence-electron chi connectivity index (χ2n) is 12.1. The first-order valence-electron chi connectivity index (χ1n) is 12.8. The molecule has 37 heavy (non-hydrogen) atoms. The number of benzene rings is 2. The molecule has 0 radical (unpaired) electrons. The minimum atomic E-state index is 0.0801. The first-order valence-corrected chi connectivity index (χ1v) is 13.7. The normalized spacial score (nSPS) is 12.7. The highest BCUT2D eigenvalue weighted by atomic mass is 32.1. The van der Waals surface area contributed by atoms with Crippen molar-refractivity contribution in [2.45, 2.75) is 59.3 Å². The highest BCUT2D eigenvalue weighted by Gasteiger charge is 2.22. The molecule has 0 spiro atoms. The van der Waals surface area contributed by atoms with E-state index in [1.165, 1.54) is 26.3 Å². The van der Waals surface area contributed by atoms with Gasteiger partial charge in [0.25, 0.3) is 0 Å². The van der Waals surface area contributed by atoms with Crippen LogP contribution in [0.15, 0.2) is 71.1 Å². The van der Waals surface area contributed by atoms with E-state index in [0.29, 0.717) is 5.71 Å². The van der Waals surface area contributed by atoms with Gasteiger partial charge in [0.05, 0.1) is 15.9 Å². The van der Waals surface area contributed by atoms with Crippen molar-refractivity contribution in [3.8, 4) is 21.7 Å². The van der Waals surface area contributed by atoms with E-state index in [2.05, 4.69) is 107 Å². The van der Waals surface area contributed by atoms with E-state index in [4.69, 9.17) is 9.40 Å². The summed E-state index contributed by atoms with van der Waals surface area (Å²) < 4.78 is 7.43. The van der Waals surface area contributed by atoms with Gasteiger partial charge in [-0.3, -0.25) is 0 Å². The smallest absolute Gasteiger partial charge is 0.227 e. The van der Waals surface area contributed by atoms with E-state index in [-0.39, 0.29) is 10.8 Å². The van der Waals surface area contributed by atoms with Gasteiger partial charge in [-0.05, 0) is 83.0 Å². The highest BCUT2D eigenvalue weighted by Crippen LogP contribution is 2.40. The Morgan fingerprint density at radius 3 is 2.16 bits per heavy atom. The molecular formula is C33H32N2OS. The van der Waals surface area contributed by atoms with Gasteiger partial charge in [-0.2, -0.15) is 0 Å². The van der Waals surface area contributed by atoms with Gasteiger partial charge in [0.2, 0.25) is 5.71 Å². The van der Waals surface area contributed by atoms with E-state index in [1.54, 1.807) is 11.3 Å². The molecule has 0 saturated heterocycles. The second-order valence-corrected chi connectivity index (χ2v) is 13.2. The maximum atomic E-state index is 6.25. The Labute approximate surface area is 222 Å². The van der Waals surface area contributed by atoms with Crippen molar-refractivity contribution in [3.63, 3.8) is 0 Å². The summed E-state index contributed by atoms with van der Waals surface area (Å²) in [5, 5.41) is 2.11. The predicted molar refractivity (Wildman–Crippen MR) is 158 cm³/mol. The fraction of sp³-hybridized carbons (Fsp3) is 0.273. The molecule has 0 saturated carbocycles. The summed E-state index contributed by atoms with van der Waals surface area (Å²) in [6.07, 6.45) is 0. The number of fused-ring (bicyclic) bond motifs is 4. The van der Waals surface area contributed by atoms with Crippen LogP contribution in [0.1, 0.15) is 58.4 Å². The third-order valence-corrected chi connectivity index (χ3v) is 8.24. The van der Waals surface area contributed by atoms with Crippen molar-refractivity contribution in [3.05, 3.63) is 83.6 Å². The highest BCUT2D eigenvalue weighted by molar-refractivity contribution is 7.22. The molecule has 3 nitrogen and oxygen atoms in total. The average molecular weight is 505 g/mol. The van der Waals surface area contributed by atoms with Gasteiger partial charge in [-0.1, -0.05) is 59.7 Å². The lowest BCUT2D eigenvalue weighted by molar-refractivity contribution is 0.569. The minimum Gasteiger partial charge on any atom is -0.437 e. The quantitative estimate of drug-likeness (QED) is 0.235. The molecule has 4 heteroatoms. The predicted octanol–water partition coefficient (Wildman–Crippen LogP) is 9.83. The Balaban J connectivity index is 1.49. The monoisotopic (exact) mass is 504 g/mol. The number of hydrogen-bond acceptors (Lipinski definition) is 4. The number of aryl methyl sites for hydroxylation is 1. The number of pyridine rings is 2. The first kappa shape index (κ1) is 23.9. The standard InChI is InChI=1S/C33H32N2OS/c1-19-11-12-24-23-9-8-10-25(30(23)36-31(24)34-19)26-13-14-28-27(35-26)18-29(37-28)20-15-21(32(2,3)4)17-22(16-20)33(5,6)7/h8-18H,1-7H3. The zero-order chi connectivity index (χ0) is 26.1. The van der Waals surface area contributed by atoms with Crippen LogP contribution in [0.25, 0.3) is 54.0 Å². The number of aromatic nitrogens is 2. The topological polar surface area (TPSA) is 38.9 Å². The third-order valence-electron chi connectivity index (χ3n) is 7.10. The van der Waals surface area contributed by atoms with Crippen LogP contribution >= 0.6 is 11.3 Å². The van der Waals surface area contributed by atoms with Crippen LogP contribution in [0.4, 0.5) is 0 Å². The number of rotatable bonds is 2.